The molecule has 2 N–H and O–H groups in total. The van der Waals surface area contributed by atoms with Crippen LogP contribution in [0.1, 0.15) is 15.9 Å². The molecule has 0 saturated carbocycles. The largest absolute Gasteiger partial charge is 0.495 e. The molecular formula is C20H18ClN3O2. The van der Waals surface area contributed by atoms with Crippen molar-refractivity contribution in [3.63, 3.8) is 0 Å². The third kappa shape index (κ3) is 4.13. The maximum Gasteiger partial charge on any atom is 0.257 e. The standard InChI is InChI=1S/C20H18ClN3O2/c1-13-5-3-4-6-18(13)24-20(25)14-9-16(12-22-11-14)23-15-7-8-19(26-2)17(21)10-15/h3-12,23H,1-2H3,(H,24,25). The SMILES string of the molecule is COc1ccc(Nc2cncc(C(=O)Nc3ccccc3C)c2)cc1Cl. The van der Waals surface area contributed by atoms with Gasteiger partial charge in [-0.2, -0.15) is 0 Å². The monoisotopic (exact) mass is 367 g/mol. The van der Waals surface area contributed by atoms with Crippen molar-refractivity contribution in [2.45, 2.75) is 6.92 Å². The molecule has 0 unspecified atom stereocenters. The Morgan fingerprint density at radius 2 is 1.88 bits per heavy atom. The van der Waals surface area contributed by atoms with Crippen molar-refractivity contribution in [1.82, 2.24) is 4.98 Å². The highest BCUT2D eigenvalue weighted by atomic mass is 35.5. The number of hydrogen-bond acceptors (Lipinski definition) is 4. The molecule has 1 amide bonds. The summed E-state index contributed by atoms with van der Waals surface area (Å²) >= 11 is 6.14. The number of amides is 1. The number of pyridine rings is 1. The Morgan fingerprint density at radius 3 is 2.62 bits per heavy atom. The first-order valence-electron chi connectivity index (χ1n) is 7.99. The zero-order valence-electron chi connectivity index (χ0n) is 14.4. The van der Waals surface area contributed by atoms with Crippen molar-refractivity contribution in [3.05, 3.63) is 77.1 Å². The summed E-state index contributed by atoms with van der Waals surface area (Å²) in [4.78, 5) is 16.6. The van der Waals surface area contributed by atoms with Gasteiger partial charge in [-0.25, -0.2) is 0 Å². The van der Waals surface area contributed by atoms with Crippen LogP contribution in [0.4, 0.5) is 17.1 Å². The van der Waals surface area contributed by atoms with Gasteiger partial charge in [-0.1, -0.05) is 29.8 Å². The molecule has 0 aliphatic heterocycles. The lowest BCUT2D eigenvalue weighted by atomic mass is 10.2. The molecule has 0 aliphatic rings. The van der Waals surface area contributed by atoms with Crippen LogP contribution in [0.5, 0.6) is 5.75 Å². The number of halogens is 1. The van der Waals surface area contributed by atoms with E-state index in [2.05, 4.69) is 15.6 Å². The number of aromatic nitrogens is 1. The molecule has 0 atom stereocenters. The van der Waals surface area contributed by atoms with E-state index >= 15 is 0 Å². The number of nitrogens with one attached hydrogen (secondary N) is 2. The van der Waals surface area contributed by atoms with Gasteiger partial charge in [0.05, 0.1) is 29.6 Å². The lowest BCUT2D eigenvalue weighted by molar-refractivity contribution is 0.102. The fourth-order valence-electron chi connectivity index (χ4n) is 2.45. The Bertz CT molecular complexity index is 944. The highest BCUT2D eigenvalue weighted by Crippen LogP contribution is 2.28. The van der Waals surface area contributed by atoms with E-state index in [0.717, 1.165) is 16.9 Å². The van der Waals surface area contributed by atoms with Crippen molar-refractivity contribution in [2.75, 3.05) is 17.7 Å². The topological polar surface area (TPSA) is 63.2 Å². The summed E-state index contributed by atoms with van der Waals surface area (Å²) in [5, 5.41) is 6.58. The molecule has 1 aromatic heterocycles. The minimum absolute atomic E-state index is 0.219. The van der Waals surface area contributed by atoms with Gasteiger partial charge in [-0.15, -0.1) is 0 Å². The van der Waals surface area contributed by atoms with Gasteiger partial charge in [0.2, 0.25) is 0 Å². The summed E-state index contributed by atoms with van der Waals surface area (Å²) in [7, 11) is 1.56. The predicted octanol–water partition coefficient (Wildman–Crippen LogP) is 5.05. The van der Waals surface area contributed by atoms with Gasteiger partial charge in [-0.05, 0) is 42.8 Å². The summed E-state index contributed by atoms with van der Waals surface area (Å²) in [5.74, 6) is 0.380. The van der Waals surface area contributed by atoms with Crippen LogP contribution in [-0.2, 0) is 0 Å². The van der Waals surface area contributed by atoms with Crippen molar-refractivity contribution in [1.29, 1.82) is 0 Å². The van der Waals surface area contributed by atoms with Crippen molar-refractivity contribution in [3.8, 4) is 5.75 Å². The summed E-state index contributed by atoms with van der Waals surface area (Å²) < 4.78 is 5.14. The number of para-hydroxylation sites is 1. The van der Waals surface area contributed by atoms with Gasteiger partial charge in [0, 0.05) is 17.6 Å². The first-order valence-corrected chi connectivity index (χ1v) is 8.37. The molecule has 3 rings (SSSR count). The highest BCUT2D eigenvalue weighted by molar-refractivity contribution is 6.32. The number of rotatable bonds is 5. The second kappa shape index (κ2) is 7.89. The third-order valence-corrected chi connectivity index (χ3v) is 4.13. The zero-order chi connectivity index (χ0) is 18.5. The van der Waals surface area contributed by atoms with Crippen LogP contribution in [0.3, 0.4) is 0 Å². The minimum atomic E-state index is -0.219. The smallest absolute Gasteiger partial charge is 0.257 e. The number of aryl methyl sites for hydroxylation is 1. The molecule has 2 aromatic carbocycles. The summed E-state index contributed by atoms with van der Waals surface area (Å²) in [6.07, 6.45) is 3.17. The molecule has 0 saturated heterocycles. The molecule has 1 heterocycles. The van der Waals surface area contributed by atoms with E-state index in [0.29, 0.717) is 22.0 Å². The molecule has 0 fully saturated rings. The van der Waals surface area contributed by atoms with E-state index < -0.39 is 0 Å². The Balaban J connectivity index is 1.76. The van der Waals surface area contributed by atoms with Crippen LogP contribution in [0, 0.1) is 6.92 Å². The maximum atomic E-state index is 12.5. The zero-order valence-corrected chi connectivity index (χ0v) is 15.2. The predicted molar refractivity (Wildman–Crippen MR) is 105 cm³/mol. The highest BCUT2D eigenvalue weighted by Gasteiger charge is 2.09. The van der Waals surface area contributed by atoms with E-state index in [1.54, 1.807) is 31.5 Å². The van der Waals surface area contributed by atoms with Crippen LogP contribution < -0.4 is 15.4 Å². The molecular weight excluding hydrogens is 350 g/mol. The van der Waals surface area contributed by atoms with Gasteiger partial charge in [-0.3, -0.25) is 9.78 Å². The Labute approximate surface area is 157 Å². The molecule has 3 aromatic rings. The van der Waals surface area contributed by atoms with Crippen LogP contribution in [0.15, 0.2) is 60.9 Å². The minimum Gasteiger partial charge on any atom is -0.495 e. The van der Waals surface area contributed by atoms with Crippen molar-refractivity contribution < 1.29 is 9.53 Å². The Hall–Kier alpha value is -3.05. The van der Waals surface area contributed by atoms with Gasteiger partial charge < -0.3 is 15.4 Å². The molecule has 132 valence electrons. The van der Waals surface area contributed by atoms with Gasteiger partial charge >= 0.3 is 0 Å². The lowest BCUT2D eigenvalue weighted by Gasteiger charge is -2.11. The van der Waals surface area contributed by atoms with E-state index in [9.17, 15) is 4.79 Å². The second-order valence-corrected chi connectivity index (χ2v) is 6.11. The molecule has 6 heteroatoms. The number of methoxy groups -OCH3 is 1. The summed E-state index contributed by atoms with van der Waals surface area (Å²) in [5.41, 5.74) is 3.68. The number of nitrogens with zero attached hydrogens (tertiary/aromatic N) is 1. The molecule has 26 heavy (non-hydrogen) atoms. The van der Waals surface area contributed by atoms with Crippen LogP contribution in [0.2, 0.25) is 5.02 Å². The van der Waals surface area contributed by atoms with E-state index in [-0.39, 0.29) is 5.91 Å². The van der Waals surface area contributed by atoms with Gasteiger partial charge in [0.15, 0.2) is 0 Å². The van der Waals surface area contributed by atoms with Crippen molar-refractivity contribution in [2.24, 2.45) is 0 Å². The van der Waals surface area contributed by atoms with Crippen molar-refractivity contribution >= 4 is 34.6 Å². The fourth-order valence-corrected chi connectivity index (χ4v) is 2.71. The molecule has 0 spiro atoms. The van der Waals surface area contributed by atoms with E-state index in [1.165, 1.54) is 6.20 Å². The molecule has 0 aliphatic carbocycles. The van der Waals surface area contributed by atoms with E-state index in [1.807, 2.05) is 37.3 Å². The second-order valence-electron chi connectivity index (χ2n) is 5.71. The average molecular weight is 368 g/mol. The van der Waals surface area contributed by atoms with E-state index in [4.69, 9.17) is 16.3 Å². The number of benzene rings is 2. The van der Waals surface area contributed by atoms with Crippen LogP contribution in [0.25, 0.3) is 0 Å². The summed E-state index contributed by atoms with van der Waals surface area (Å²) in [6, 6.07) is 14.7. The van der Waals surface area contributed by atoms with Crippen LogP contribution >= 0.6 is 11.6 Å². The number of carbonyl (C=O) groups is 1. The van der Waals surface area contributed by atoms with Gasteiger partial charge in [0.1, 0.15) is 5.75 Å². The molecule has 5 nitrogen and oxygen atoms in total. The van der Waals surface area contributed by atoms with Crippen LogP contribution in [-0.4, -0.2) is 18.0 Å². The quantitative estimate of drug-likeness (QED) is 0.662. The Morgan fingerprint density at radius 1 is 1.08 bits per heavy atom. The molecule has 0 radical (unpaired) electrons. The fraction of sp³-hybridized carbons (Fsp3) is 0.100. The first kappa shape index (κ1) is 17.8. The average Bonchev–Trinajstić information content (AvgIpc) is 2.64. The lowest BCUT2D eigenvalue weighted by Crippen LogP contribution is -2.13. The Kier molecular flexibility index (Phi) is 5.39. The number of ether oxygens (including phenoxy) is 1. The van der Waals surface area contributed by atoms with Gasteiger partial charge in [0.25, 0.3) is 5.91 Å². The normalized spacial score (nSPS) is 10.3. The maximum absolute atomic E-state index is 12.5. The number of hydrogen-bond donors (Lipinski definition) is 2. The molecule has 0 bridgehead atoms. The first-order chi connectivity index (χ1) is 12.6. The summed E-state index contributed by atoms with van der Waals surface area (Å²) in [6.45, 7) is 1.94. The number of carbonyl (C=O) groups excluding carboxylic acids is 1. The number of anilines is 3. The third-order valence-electron chi connectivity index (χ3n) is 3.83.